The van der Waals surface area contributed by atoms with Crippen molar-refractivity contribution < 1.29 is 23.5 Å². The van der Waals surface area contributed by atoms with Crippen molar-refractivity contribution in [1.82, 2.24) is 10.6 Å². The molecule has 1 aliphatic rings. The van der Waals surface area contributed by atoms with E-state index < -0.39 is 11.8 Å². The Kier molecular flexibility index (Phi) is 4.80. The van der Waals surface area contributed by atoms with Crippen molar-refractivity contribution in [1.29, 1.82) is 0 Å². The number of nitrogens with one attached hydrogen (secondary N) is 2. The van der Waals surface area contributed by atoms with E-state index in [9.17, 15) is 9.59 Å². The molecule has 0 aliphatic carbocycles. The normalized spacial score (nSPS) is 12.0. The number of amides is 2. The number of thiophene rings is 1. The van der Waals surface area contributed by atoms with Crippen molar-refractivity contribution in [3.8, 4) is 22.8 Å². The number of rotatable bonds is 5. The Balaban J connectivity index is 1.26. The van der Waals surface area contributed by atoms with Crippen LogP contribution in [0.2, 0.25) is 0 Å². The molecule has 8 heteroatoms. The van der Waals surface area contributed by atoms with Crippen molar-refractivity contribution in [3.63, 3.8) is 0 Å². The zero-order chi connectivity index (χ0) is 18.6. The van der Waals surface area contributed by atoms with Gasteiger partial charge in [0.1, 0.15) is 5.76 Å². The van der Waals surface area contributed by atoms with Crippen LogP contribution in [0.15, 0.2) is 52.5 Å². The molecule has 138 valence electrons. The van der Waals surface area contributed by atoms with Crippen LogP contribution in [0.4, 0.5) is 0 Å². The Morgan fingerprint density at radius 2 is 1.81 bits per heavy atom. The molecule has 0 spiro atoms. The molecule has 27 heavy (non-hydrogen) atoms. The first-order chi connectivity index (χ1) is 13.2. The zero-order valence-corrected chi connectivity index (χ0v) is 15.0. The molecule has 0 atom stereocenters. The van der Waals surface area contributed by atoms with Gasteiger partial charge in [0, 0.05) is 22.4 Å². The lowest BCUT2D eigenvalue weighted by Gasteiger charge is -2.06. The average molecular weight is 384 g/mol. The molecule has 0 bridgehead atoms. The van der Waals surface area contributed by atoms with Crippen LogP contribution in [0.25, 0.3) is 11.3 Å². The van der Waals surface area contributed by atoms with E-state index in [1.807, 2.05) is 29.6 Å². The van der Waals surface area contributed by atoms with E-state index in [1.165, 1.54) is 11.3 Å². The molecule has 1 aromatic carbocycles. The quantitative estimate of drug-likeness (QED) is 0.660. The largest absolute Gasteiger partial charge is 0.464 e. The summed E-state index contributed by atoms with van der Waals surface area (Å²) in [6.45, 7) is 0.699. The predicted molar refractivity (Wildman–Crippen MR) is 98.3 cm³/mol. The van der Waals surface area contributed by atoms with E-state index in [0.717, 1.165) is 21.8 Å². The predicted octanol–water partition coefficient (Wildman–Crippen LogP) is 2.67. The van der Waals surface area contributed by atoms with Crippen molar-refractivity contribution in [2.45, 2.75) is 13.1 Å². The molecule has 0 radical (unpaired) electrons. The van der Waals surface area contributed by atoms with E-state index in [2.05, 4.69) is 10.6 Å². The molecule has 1 aliphatic heterocycles. The highest BCUT2D eigenvalue weighted by Crippen LogP contribution is 2.32. The summed E-state index contributed by atoms with van der Waals surface area (Å²) in [5.74, 6) is 0.716. The molecule has 0 fully saturated rings. The molecule has 2 aromatic heterocycles. The second-order valence-electron chi connectivity index (χ2n) is 5.83. The van der Waals surface area contributed by atoms with Gasteiger partial charge in [-0.15, -0.1) is 11.3 Å². The molecule has 0 saturated carbocycles. The first-order valence-electron chi connectivity index (χ1n) is 8.25. The monoisotopic (exact) mass is 384 g/mol. The second kappa shape index (κ2) is 7.55. The Bertz CT molecular complexity index is 964. The van der Waals surface area contributed by atoms with Crippen LogP contribution in [-0.4, -0.2) is 18.6 Å². The molecule has 4 rings (SSSR count). The lowest BCUT2D eigenvalue weighted by Crippen LogP contribution is -2.39. The fourth-order valence-electron chi connectivity index (χ4n) is 2.61. The Morgan fingerprint density at radius 3 is 2.63 bits per heavy atom. The lowest BCUT2D eigenvalue weighted by atomic mass is 10.2. The van der Waals surface area contributed by atoms with Crippen molar-refractivity contribution in [2.75, 3.05) is 6.79 Å². The molecule has 2 amide bonds. The van der Waals surface area contributed by atoms with Gasteiger partial charge in [-0.3, -0.25) is 9.59 Å². The summed E-state index contributed by atoms with van der Waals surface area (Å²) in [6.07, 6.45) is 1.61. The number of benzene rings is 1. The highest BCUT2D eigenvalue weighted by Gasteiger charge is 2.16. The maximum Gasteiger partial charge on any atom is 0.309 e. The van der Waals surface area contributed by atoms with Crippen molar-refractivity contribution in [3.05, 3.63) is 58.5 Å². The minimum absolute atomic E-state index is 0.192. The summed E-state index contributed by atoms with van der Waals surface area (Å²) in [7, 11) is 0. The van der Waals surface area contributed by atoms with Gasteiger partial charge in [-0.1, -0.05) is 6.07 Å². The van der Waals surface area contributed by atoms with E-state index in [-0.39, 0.29) is 19.9 Å². The van der Waals surface area contributed by atoms with Crippen molar-refractivity contribution >= 4 is 23.2 Å². The third kappa shape index (κ3) is 3.95. The number of carbonyl (C=O) groups excluding carboxylic acids is 2. The van der Waals surface area contributed by atoms with E-state index in [0.29, 0.717) is 11.5 Å². The van der Waals surface area contributed by atoms with Gasteiger partial charge in [-0.05, 0) is 35.9 Å². The molecular formula is C19H16N2O5S. The highest BCUT2D eigenvalue weighted by atomic mass is 32.1. The van der Waals surface area contributed by atoms with Crippen LogP contribution in [0.1, 0.15) is 10.4 Å². The Labute approximate surface area is 158 Å². The summed E-state index contributed by atoms with van der Waals surface area (Å²) in [5, 5.41) is 7.16. The summed E-state index contributed by atoms with van der Waals surface area (Å²) in [5.41, 5.74) is 1.77. The zero-order valence-electron chi connectivity index (χ0n) is 14.2. The van der Waals surface area contributed by atoms with Gasteiger partial charge < -0.3 is 24.5 Å². The van der Waals surface area contributed by atoms with E-state index in [4.69, 9.17) is 13.9 Å². The fourth-order valence-corrected chi connectivity index (χ4v) is 3.42. The summed E-state index contributed by atoms with van der Waals surface area (Å²) < 4.78 is 15.9. The van der Waals surface area contributed by atoms with Gasteiger partial charge in [0.15, 0.2) is 11.5 Å². The van der Waals surface area contributed by atoms with Gasteiger partial charge in [0.2, 0.25) is 6.79 Å². The van der Waals surface area contributed by atoms with E-state index in [1.54, 1.807) is 18.4 Å². The molecule has 2 N–H and O–H groups in total. The number of carbonyl (C=O) groups is 2. The van der Waals surface area contributed by atoms with Gasteiger partial charge in [-0.25, -0.2) is 0 Å². The number of hydrogen-bond acceptors (Lipinski definition) is 6. The van der Waals surface area contributed by atoms with Crippen LogP contribution in [-0.2, 0) is 22.7 Å². The second-order valence-corrected chi connectivity index (χ2v) is 6.83. The SMILES string of the molecule is O=C(NCc1ccc2c(c1)OCO2)C(=O)NCc1cc(-c2ccco2)cs1. The smallest absolute Gasteiger partial charge is 0.309 e. The Morgan fingerprint density at radius 1 is 1.00 bits per heavy atom. The third-order valence-electron chi connectivity index (χ3n) is 3.98. The first kappa shape index (κ1) is 17.2. The minimum atomic E-state index is -0.685. The van der Waals surface area contributed by atoms with Crippen LogP contribution >= 0.6 is 11.3 Å². The Hall–Kier alpha value is -3.26. The number of fused-ring (bicyclic) bond motifs is 1. The summed E-state index contributed by atoms with van der Waals surface area (Å²) in [4.78, 5) is 24.9. The maximum atomic E-state index is 12.0. The molecule has 7 nitrogen and oxygen atoms in total. The van der Waals surface area contributed by atoms with Gasteiger partial charge in [-0.2, -0.15) is 0 Å². The summed E-state index contributed by atoms with van der Waals surface area (Å²) in [6, 6.07) is 11.0. The van der Waals surface area contributed by atoms with Crippen LogP contribution in [0.5, 0.6) is 11.5 Å². The number of ether oxygens (including phenoxy) is 2. The van der Waals surface area contributed by atoms with Crippen LogP contribution < -0.4 is 20.1 Å². The summed E-state index contributed by atoms with van der Waals surface area (Å²) >= 11 is 1.49. The molecule has 0 unspecified atom stereocenters. The standard InChI is InChI=1S/C19H16N2O5S/c22-18(20-8-12-3-4-16-17(6-12)26-11-25-16)19(23)21-9-14-7-13(10-27-14)15-2-1-5-24-15/h1-7,10H,8-9,11H2,(H,20,22)(H,21,23). The molecule has 0 saturated heterocycles. The fraction of sp³-hybridized carbons (Fsp3) is 0.158. The molecule has 3 heterocycles. The van der Waals surface area contributed by atoms with Crippen LogP contribution in [0, 0.1) is 0 Å². The first-order valence-corrected chi connectivity index (χ1v) is 9.13. The molecule has 3 aromatic rings. The maximum absolute atomic E-state index is 12.0. The number of hydrogen-bond donors (Lipinski definition) is 2. The lowest BCUT2D eigenvalue weighted by molar-refractivity contribution is -0.139. The highest BCUT2D eigenvalue weighted by molar-refractivity contribution is 7.10. The third-order valence-corrected chi connectivity index (χ3v) is 4.92. The number of furan rings is 1. The molecular weight excluding hydrogens is 368 g/mol. The average Bonchev–Trinajstić information content (AvgIpc) is 3.44. The van der Waals surface area contributed by atoms with Crippen LogP contribution in [0.3, 0.4) is 0 Å². The minimum Gasteiger partial charge on any atom is -0.464 e. The van der Waals surface area contributed by atoms with Gasteiger partial charge >= 0.3 is 11.8 Å². The van der Waals surface area contributed by atoms with Crippen molar-refractivity contribution in [2.24, 2.45) is 0 Å². The van der Waals surface area contributed by atoms with Gasteiger partial charge in [0.05, 0.1) is 12.8 Å². The van der Waals surface area contributed by atoms with E-state index >= 15 is 0 Å². The van der Waals surface area contributed by atoms with Gasteiger partial charge in [0.25, 0.3) is 0 Å². The topological polar surface area (TPSA) is 89.8 Å².